The highest BCUT2D eigenvalue weighted by Crippen LogP contribution is 2.26. The van der Waals surface area contributed by atoms with Crippen LogP contribution in [0.1, 0.15) is 12.0 Å². The lowest BCUT2D eigenvalue weighted by Crippen LogP contribution is -2.56. The second-order valence-electron chi connectivity index (χ2n) is 6.21. The average molecular weight is 324 g/mol. The molecule has 1 saturated heterocycles. The third-order valence-corrected chi connectivity index (χ3v) is 4.53. The summed E-state index contributed by atoms with van der Waals surface area (Å²) in [7, 11) is 2.25. The predicted octanol–water partition coefficient (Wildman–Crippen LogP) is 1.89. The standard InChI is InChI=1S/C17H23N2O2.ClH/c1-19(10-7-18-8-11-19)9-6-16(20)15-12-14-4-2-3-5-17(14)21-13-15;/h2-5,12,18H,6-11,13H2,1H3;1H/q+1;. The minimum Gasteiger partial charge on any atom is -0.488 e. The van der Waals surface area contributed by atoms with Crippen LogP contribution in [0.3, 0.4) is 0 Å². The topological polar surface area (TPSA) is 38.3 Å². The van der Waals surface area contributed by atoms with Crippen LogP contribution in [0.5, 0.6) is 5.75 Å². The van der Waals surface area contributed by atoms with Gasteiger partial charge in [-0.2, -0.15) is 0 Å². The van der Waals surface area contributed by atoms with E-state index in [1.165, 1.54) is 0 Å². The van der Waals surface area contributed by atoms with Gasteiger partial charge in [-0.3, -0.25) is 4.79 Å². The molecular weight excluding hydrogens is 300 g/mol. The molecule has 2 aliphatic rings. The Morgan fingerprint density at radius 2 is 2.00 bits per heavy atom. The fourth-order valence-corrected chi connectivity index (χ4v) is 2.97. The van der Waals surface area contributed by atoms with E-state index in [1.807, 2.05) is 30.3 Å². The fraction of sp³-hybridized carbons (Fsp3) is 0.471. The molecule has 1 N–H and O–H groups in total. The normalized spacial score (nSPS) is 19.2. The van der Waals surface area contributed by atoms with Gasteiger partial charge >= 0.3 is 0 Å². The number of carbonyl (C=O) groups is 1. The number of halogens is 1. The molecule has 1 aromatic rings. The number of likely N-dealkylation sites (N-methyl/N-ethyl adjacent to an activating group) is 1. The maximum Gasteiger partial charge on any atom is 0.167 e. The van der Waals surface area contributed by atoms with Crippen LogP contribution in [0.25, 0.3) is 6.08 Å². The van der Waals surface area contributed by atoms with Crippen molar-refractivity contribution in [3.63, 3.8) is 0 Å². The number of fused-ring (bicyclic) bond motifs is 1. The number of quaternary nitrogens is 1. The van der Waals surface area contributed by atoms with Crippen LogP contribution in [0.15, 0.2) is 29.8 Å². The van der Waals surface area contributed by atoms with Crippen molar-refractivity contribution in [1.29, 1.82) is 0 Å². The summed E-state index contributed by atoms with van der Waals surface area (Å²) in [5, 5.41) is 3.37. The van der Waals surface area contributed by atoms with Crippen molar-refractivity contribution >= 4 is 24.3 Å². The van der Waals surface area contributed by atoms with E-state index < -0.39 is 0 Å². The first-order valence-corrected chi connectivity index (χ1v) is 7.66. The highest BCUT2D eigenvalue weighted by molar-refractivity contribution is 6.00. The monoisotopic (exact) mass is 323 g/mol. The largest absolute Gasteiger partial charge is 0.488 e. The number of piperazine rings is 1. The summed E-state index contributed by atoms with van der Waals surface area (Å²) in [6.07, 6.45) is 2.59. The van der Waals surface area contributed by atoms with E-state index in [4.69, 9.17) is 4.74 Å². The summed E-state index contributed by atoms with van der Waals surface area (Å²) in [5.41, 5.74) is 1.81. The molecule has 0 amide bonds. The van der Waals surface area contributed by atoms with Crippen LogP contribution in [-0.2, 0) is 4.79 Å². The molecule has 0 atom stereocenters. The van der Waals surface area contributed by atoms with Crippen LogP contribution in [0.2, 0.25) is 0 Å². The molecule has 120 valence electrons. The fourth-order valence-electron chi connectivity index (χ4n) is 2.97. The Bertz CT molecular complexity index is 566. The number of benzene rings is 1. The molecule has 2 aliphatic heterocycles. The Morgan fingerprint density at radius 3 is 2.77 bits per heavy atom. The first kappa shape index (κ1) is 17.0. The lowest BCUT2D eigenvalue weighted by molar-refractivity contribution is -0.910. The molecule has 1 aromatic carbocycles. The van der Waals surface area contributed by atoms with Crippen LogP contribution in [-0.4, -0.2) is 56.6 Å². The molecule has 1 fully saturated rings. The van der Waals surface area contributed by atoms with Crippen molar-refractivity contribution in [2.45, 2.75) is 6.42 Å². The van der Waals surface area contributed by atoms with E-state index in [9.17, 15) is 4.79 Å². The molecule has 0 radical (unpaired) electrons. The predicted molar refractivity (Wildman–Crippen MR) is 90.4 cm³/mol. The van der Waals surface area contributed by atoms with Crippen LogP contribution in [0, 0.1) is 0 Å². The van der Waals surface area contributed by atoms with Crippen LogP contribution < -0.4 is 10.1 Å². The molecule has 5 heteroatoms. The number of ether oxygens (including phenoxy) is 1. The number of para-hydroxylation sites is 1. The second-order valence-corrected chi connectivity index (χ2v) is 6.21. The van der Waals surface area contributed by atoms with Gasteiger partial charge in [-0.1, -0.05) is 18.2 Å². The lowest BCUT2D eigenvalue weighted by atomic mass is 10.0. The van der Waals surface area contributed by atoms with Gasteiger partial charge in [0.2, 0.25) is 0 Å². The van der Waals surface area contributed by atoms with Gasteiger partial charge in [0.05, 0.1) is 33.1 Å². The second kappa shape index (κ2) is 7.27. The van der Waals surface area contributed by atoms with Gasteiger partial charge in [0.15, 0.2) is 5.78 Å². The number of rotatable bonds is 4. The van der Waals surface area contributed by atoms with Crippen LogP contribution >= 0.6 is 12.4 Å². The van der Waals surface area contributed by atoms with Gasteiger partial charge in [-0.25, -0.2) is 0 Å². The minimum absolute atomic E-state index is 0. The Morgan fingerprint density at radius 1 is 1.27 bits per heavy atom. The van der Waals surface area contributed by atoms with Gasteiger partial charge in [-0.05, 0) is 12.1 Å². The number of hydrogen-bond donors (Lipinski definition) is 1. The van der Waals surface area contributed by atoms with Crippen molar-refractivity contribution in [3.05, 3.63) is 35.4 Å². The zero-order valence-electron chi connectivity index (χ0n) is 13.0. The summed E-state index contributed by atoms with van der Waals surface area (Å²) in [5.74, 6) is 1.09. The Kier molecular flexibility index (Phi) is 5.62. The zero-order valence-corrected chi connectivity index (χ0v) is 13.8. The SMILES string of the molecule is C[N+]1(CCC(=O)C2=Cc3ccccc3OC2)CCNCC1.Cl. The van der Waals surface area contributed by atoms with E-state index >= 15 is 0 Å². The minimum atomic E-state index is 0. The van der Waals surface area contributed by atoms with Crippen LogP contribution in [0.4, 0.5) is 0 Å². The molecule has 22 heavy (non-hydrogen) atoms. The van der Waals surface area contributed by atoms with Gasteiger partial charge in [-0.15, -0.1) is 12.4 Å². The number of Topliss-reactive ketones (excluding diaryl/α,β-unsaturated/α-hetero) is 1. The van der Waals surface area contributed by atoms with Crippen molar-refractivity contribution in [2.24, 2.45) is 0 Å². The summed E-state index contributed by atoms with van der Waals surface area (Å²) in [4.78, 5) is 12.4. The van der Waals surface area contributed by atoms with Gasteiger partial charge < -0.3 is 14.5 Å². The van der Waals surface area contributed by atoms with Crippen molar-refractivity contribution in [3.8, 4) is 5.75 Å². The third kappa shape index (κ3) is 3.88. The number of ketones is 1. The van der Waals surface area contributed by atoms with Crippen molar-refractivity contribution in [1.82, 2.24) is 5.32 Å². The molecule has 0 unspecified atom stereocenters. The smallest absolute Gasteiger partial charge is 0.167 e. The Balaban J connectivity index is 0.00000176. The third-order valence-electron chi connectivity index (χ3n) is 4.53. The molecule has 3 rings (SSSR count). The molecule has 4 nitrogen and oxygen atoms in total. The van der Waals surface area contributed by atoms with Gasteiger partial charge in [0.1, 0.15) is 12.4 Å². The van der Waals surface area contributed by atoms with Gasteiger partial charge in [0, 0.05) is 24.2 Å². The van der Waals surface area contributed by atoms with E-state index in [0.29, 0.717) is 13.0 Å². The first-order chi connectivity index (χ1) is 10.2. The molecular formula is C17H24ClN2O2+. The van der Waals surface area contributed by atoms with Gasteiger partial charge in [0.25, 0.3) is 0 Å². The zero-order chi connectivity index (χ0) is 14.7. The van der Waals surface area contributed by atoms with E-state index in [-0.39, 0.29) is 18.2 Å². The molecule has 0 saturated carbocycles. The van der Waals surface area contributed by atoms with Crippen molar-refractivity contribution in [2.75, 3.05) is 46.4 Å². The van der Waals surface area contributed by atoms with E-state index in [0.717, 1.165) is 54.1 Å². The number of hydrogen-bond acceptors (Lipinski definition) is 3. The number of nitrogens with one attached hydrogen (secondary N) is 1. The van der Waals surface area contributed by atoms with Crippen molar-refractivity contribution < 1.29 is 14.0 Å². The Hall–Kier alpha value is -1.36. The molecule has 2 heterocycles. The maximum absolute atomic E-state index is 12.4. The molecule has 0 spiro atoms. The summed E-state index contributed by atoms with van der Waals surface area (Å²) in [6, 6.07) is 7.86. The molecule has 0 aromatic heterocycles. The molecule has 0 aliphatic carbocycles. The number of nitrogens with zero attached hydrogens (tertiary/aromatic N) is 1. The molecule has 0 bridgehead atoms. The van der Waals surface area contributed by atoms with E-state index in [1.54, 1.807) is 0 Å². The van der Waals surface area contributed by atoms with E-state index in [2.05, 4.69) is 12.4 Å². The maximum atomic E-state index is 12.4. The average Bonchev–Trinajstić information content (AvgIpc) is 2.53. The number of carbonyl (C=O) groups excluding carboxylic acids is 1. The summed E-state index contributed by atoms with van der Waals surface area (Å²) >= 11 is 0. The quantitative estimate of drug-likeness (QED) is 0.860. The first-order valence-electron chi connectivity index (χ1n) is 7.66. The summed E-state index contributed by atoms with van der Waals surface area (Å²) in [6.45, 7) is 5.62. The highest BCUT2D eigenvalue weighted by atomic mass is 35.5. The lowest BCUT2D eigenvalue weighted by Gasteiger charge is -2.38. The Labute approximate surface area is 138 Å². The summed E-state index contributed by atoms with van der Waals surface area (Å²) < 4.78 is 6.66. The highest BCUT2D eigenvalue weighted by Gasteiger charge is 2.26.